The molecule has 0 aromatic heterocycles. The highest BCUT2D eigenvalue weighted by Gasteiger charge is 2.31. The molecule has 1 aliphatic heterocycles. The van der Waals surface area contributed by atoms with E-state index in [2.05, 4.69) is 0 Å². The van der Waals surface area contributed by atoms with Crippen LogP contribution in [0.15, 0.2) is 42.5 Å². The second kappa shape index (κ2) is 10.2. The minimum absolute atomic E-state index is 0.0851. The zero-order chi connectivity index (χ0) is 25.1. The lowest BCUT2D eigenvalue weighted by molar-refractivity contribution is -0.137. The van der Waals surface area contributed by atoms with Crippen LogP contribution in [0.5, 0.6) is 0 Å². The van der Waals surface area contributed by atoms with Gasteiger partial charge in [0.05, 0.1) is 17.5 Å². The number of halogens is 3. The number of hydrogen-bond donors (Lipinski definition) is 0. The summed E-state index contributed by atoms with van der Waals surface area (Å²) in [7, 11) is -3.51. The SMILES string of the molecule is Cc1ccc(C)c(N(CCCC(=O)N2CCN(c3cccc(C(F)(F)F)c3)CC2)S(C)(=O)=O)c1. The van der Waals surface area contributed by atoms with Crippen LogP contribution < -0.4 is 9.21 Å². The summed E-state index contributed by atoms with van der Waals surface area (Å²) >= 11 is 0. The third kappa shape index (κ3) is 6.43. The van der Waals surface area contributed by atoms with E-state index < -0.39 is 21.8 Å². The second-order valence-corrected chi connectivity index (χ2v) is 10.6. The molecule has 6 nitrogen and oxygen atoms in total. The highest BCUT2D eigenvalue weighted by Crippen LogP contribution is 2.32. The molecule has 186 valence electrons. The zero-order valence-corrected chi connectivity index (χ0v) is 20.4. The topological polar surface area (TPSA) is 60.9 Å². The van der Waals surface area contributed by atoms with E-state index in [1.165, 1.54) is 10.4 Å². The molecule has 1 heterocycles. The number of amides is 1. The molecule has 1 fully saturated rings. The number of anilines is 2. The maximum atomic E-state index is 13.0. The Morgan fingerprint density at radius 1 is 1.03 bits per heavy atom. The summed E-state index contributed by atoms with van der Waals surface area (Å²) in [5.41, 5.74) is 2.20. The van der Waals surface area contributed by atoms with Gasteiger partial charge in [0.2, 0.25) is 15.9 Å². The molecule has 0 atom stereocenters. The van der Waals surface area contributed by atoms with Crippen molar-refractivity contribution in [1.29, 1.82) is 0 Å². The third-order valence-electron chi connectivity index (χ3n) is 5.96. The van der Waals surface area contributed by atoms with Crippen LogP contribution in [-0.2, 0) is 21.0 Å². The molecule has 1 amide bonds. The normalized spacial score (nSPS) is 14.9. The van der Waals surface area contributed by atoms with Crippen LogP contribution in [0.2, 0.25) is 0 Å². The lowest BCUT2D eigenvalue weighted by atomic mass is 10.1. The van der Waals surface area contributed by atoms with Gasteiger partial charge >= 0.3 is 6.18 Å². The zero-order valence-electron chi connectivity index (χ0n) is 19.6. The molecule has 1 aliphatic rings. The van der Waals surface area contributed by atoms with Crippen LogP contribution in [0.25, 0.3) is 0 Å². The fraction of sp³-hybridized carbons (Fsp3) is 0.458. The Labute approximate surface area is 199 Å². The third-order valence-corrected chi connectivity index (χ3v) is 7.14. The Morgan fingerprint density at radius 2 is 1.71 bits per heavy atom. The molecule has 1 saturated heterocycles. The van der Waals surface area contributed by atoms with E-state index >= 15 is 0 Å². The van der Waals surface area contributed by atoms with Gasteiger partial charge in [-0.05, 0) is 55.7 Å². The van der Waals surface area contributed by atoms with Crippen molar-refractivity contribution in [3.05, 3.63) is 59.2 Å². The molecule has 0 bridgehead atoms. The number of carbonyl (C=O) groups excluding carboxylic acids is 1. The lowest BCUT2D eigenvalue weighted by Gasteiger charge is -2.36. The summed E-state index contributed by atoms with van der Waals surface area (Å²) in [6.45, 7) is 5.62. The van der Waals surface area contributed by atoms with Crippen molar-refractivity contribution >= 4 is 27.3 Å². The van der Waals surface area contributed by atoms with E-state index in [0.717, 1.165) is 29.5 Å². The van der Waals surface area contributed by atoms with Gasteiger partial charge in [-0.1, -0.05) is 18.2 Å². The predicted molar refractivity (Wildman–Crippen MR) is 128 cm³/mol. The summed E-state index contributed by atoms with van der Waals surface area (Å²) < 4.78 is 65.1. The fourth-order valence-corrected chi connectivity index (χ4v) is 5.09. The van der Waals surface area contributed by atoms with E-state index in [9.17, 15) is 26.4 Å². The molecule has 0 unspecified atom stereocenters. The summed E-state index contributed by atoms with van der Waals surface area (Å²) in [5, 5.41) is 0. The molecule has 10 heteroatoms. The van der Waals surface area contributed by atoms with Crippen LogP contribution >= 0.6 is 0 Å². The van der Waals surface area contributed by atoms with Gasteiger partial charge in [-0.2, -0.15) is 13.2 Å². The largest absolute Gasteiger partial charge is 0.416 e. The van der Waals surface area contributed by atoms with Crippen molar-refractivity contribution < 1.29 is 26.4 Å². The van der Waals surface area contributed by atoms with Crippen molar-refractivity contribution in [3.63, 3.8) is 0 Å². The first-order valence-corrected chi connectivity index (χ1v) is 13.0. The van der Waals surface area contributed by atoms with Crippen molar-refractivity contribution in [2.45, 2.75) is 32.9 Å². The Hall–Kier alpha value is -2.75. The quantitative estimate of drug-likeness (QED) is 0.575. The number of carbonyl (C=O) groups is 1. The number of piperazine rings is 1. The standard InChI is InChI=1S/C24H30F3N3O3S/c1-18-9-10-19(2)22(16-18)30(34(3,32)33)11-5-8-23(31)29-14-12-28(13-15-29)21-7-4-6-20(17-21)24(25,26)27/h4,6-7,9-10,16-17H,5,8,11-15H2,1-3H3. The number of nitrogens with zero attached hydrogens (tertiary/aromatic N) is 3. The minimum Gasteiger partial charge on any atom is -0.368 e. The van der Waals surface area contributed by atoms with E-state index in [0.29, 0.717) is 44.0 Å². The minimum atomic E-state index is -4.40. The molecule has 2 aromatic rings. The first kappa shape index (κ1) is 25.9. The molecule has 0 radical (unpaired) electrons. The molecule has 34 heavy (non-hydrogen) atoms. The molecular formula is C24H30F3N3O3S. The number of hydrogen-bond acceptors (Lipinski definition) is 4. The Morgan fingerprint density at radius 3 is 2.32 bits per heavy atom. The van der Waals surface area contributed by atoms with Gasteiger partial charge in [-0.15, -0.1) is 0 Å². The summed E-state index contributed by atoms with van der Waals surface area (Å²) in [5.74, 6) is -0.0851. The van der Waals surface area contributed by atoms with Crippen molar-refractivity contribution in [2.75, 3.05) is 48.2 Å². The van der Waals surface area contributed by atoms with Crippen molar-refractivity contribution in [1.82, 2.24) is 4.90 Å². The Bertz CT molecular complexity index is 1130. The van der Waals surface area contributed by atoms with Gasteiger partial charge in [0.1, 0.15) is 0 Å². The van der Waals surface area contributed by atoms with Crippen LogP contribution in [0.1, 0.15) is 29.5 Å². The maximum Gasteiger partial charge on any atom is 0.416 e. The van der Waals surface area contributed by atoms with Gasteiger partial charge in [0.15, 0.2) is 0 Å². The number of rotatable bonds is 7. The van der Waals surface area contributed by atoms with Crippen molar-refractivity contribution in [2.24, 2.45) is 0 Å². The van der Waals surface area contributed by atoms with Gasteiger partial charge < -0.3 is 9.80 Å². The van der Waals surface area contributed by atoms with E-state index in [-0.39, 0.29) is 18.9 Å². The Balaban J connectivity index is 1.55. The number of sulfonamides is 1. The summed E-state index contributed by atoms with van der Waals surface area (Å²) in [4.78, 5) is 16.2. The van der Waals surface area contributed by atoms with Gasteiger partial charge in [-0.3, -0.25) is 9.10 Å². The molecule has 2 aromatic carbocycles. The molecule has 0 N–H and O–H groups in total. The number of alkyl halides is 3. The van der Waals surface area contributed by atoms with Crippen molar-refractivity contribution in [3.8, 4) is 0 Å². The molecular weight excluding hydrogens is 467 g/mol. The maximum absolute atomic E-state index is 13.0. The lowest BCUT2D eigenvalue weighted by Crippen LogP contribution is -2.49. The first-order valence-electron chi connectivity index (χ1n) is 11.1. The van der Waals surface area contributed by atoms with Crippen LogP contribution in [0, 0.1) is 13.8 Å². The average molecular weight is 498 g/mol. The van der Waals surface area contributed by atoms with Crippen LogP contribution in [0.4, 0.5) is 24.5 Å². The van der Waals surface area contributed by atoms with Gasteiger partial charge in [0, 0.05) is 44.8 Å². The Kier molecular flexibility index (Phi) is 7.80. The molecule has 0 aliphatic carbocycles. The number of aryl methyl sites for hydroxylation is 2. The fourth-order valence-electron chi connectivity index (χ4n) is 4.08. The molecule has 3 rings (SSSR count). The van der Waals surface area contributed by atoms with Crippen LogP contribution in [0.3, 0.4) is 0 Å². The van der Waals surface area contributed by atoms with Gasteiger partial charge in [-0.25, -0.2) is 8.42 Å². The predicted octanol–water partition coefficient (Wildman–Crippen LogP) is 4.22. The highest BCUT2D eigenvalue weighted by atomic mass is 32.2. The van der Waals surface area contributed by atoms with E-state index in [4.69, 9.17) is 0 Å². The molecule has 0 saturated carbocycles. The highest BCUT2D eigenvalue weighted by molar-refractivity contribution is 7.92. The number of benzene rings is 2. The summed E-state index contributed by atoms with van der Waals surface area (Å²) in [6.07, 6.45) is -2.68. The monoisotopic (exact) mass is 497 g/mol. The second-order valence-electron chi connectivity index (χ2n) is 8.64. The van der Waals surface area contributed by atoms with E-state index in [1.54, 1.807) is 11.0 Å². The smallest absolute Gasteiger partial charge is 0.368 e. The first-order chi connectivity index (χ1) is 15.9. The summed E-state index contributed by atoms with van der Waals surface area (Å²) in [6, 6.07) is 10.8. The van der Waals surface area contributed by atoms with E-state index in [1.807, 2.05) is 36.9 Å². The van der Waals surface area contributed by atoms with Gasteiger partial charge in [0.25, 0.3) is 0 Å². The average Bonchev–Trinajstić information content (AvgIpc) is 2.77. The molecule has 0 spiro atoms. The van der Waals surface area contributed by atoms with Crippen LogP contribution in [-0.4, -0.2) is 58.2 Å².